The van der Waals surface area contributed by atoms with E-state index in [9.17, 15) is 4.79 Å². The number of benzene rings is 2. The molecule has 0 spiro atoms. The van der Waals surface area contributed by atoms with Gasteiger partial charge in [0.15, 0.2) is 5.96 Å². The van der Waals surface area contributed by atoms with E-state index in [2.05, 4.69) is 69.2 Å². The number of rotatable bonds is 8. The van der Waals surface area contributed by atoms with Gasteiger partial charge in [-0.2, -0.15) is 0 Å². The first kappa shape index (κ1) is 21.7. The third-order valence-corrected chi connectivity index (χ3v) is 5.23. The largest absolute Gasteiger partial charge is 0.369 e. The zero-order valence-electron chi connectivity index (χ0n) is 18.0. The number of amides is 1. The number of hydrogen-bond acceptors (Lipinski definition) is 3. The molecular weight excluding hydrogens is 374 g/mol. The molecule has 6 nitrogen and oxygen atoms in total. The van der Waals surface area contributed by atoms with E-state index in [1.54, 1.807) is 0 Å². The number of nitrogens with zero attached hydrogens (tertiary/aromatic N) is 2. The van der Waals surface area contributed by atoms with Crippen LogP contribution in [0.15, 0.2) is 59.6 Å². The molecule has 0 bridgehead atoms. The molecule has 1 unspecified atom stereocenters. The minimum Gasteiger partial charge on any atom is -0.369 e. The fraction of sp³-hybridized carbons (Fsp3) is 0.417. The van der Waals surface area contributed by atoms with Gasteiger partial charge in [-0.15, -0.1) is 0 Å². The van der Waals surface area contributed by atoms with Crippen LogP contribution in [0.25, 0.3) is 0 Å². The quantitative estimate of drug-likeness (QED) is 0.465. The number of nitrogens with one attached hydrogen (secondary N) is 3. The van der Waals surface area contributed by atoms with Crippen molar-refractivity contribution in [2.75, 3.05) is 37.6 Å². The molecule has 3 rings (SSSR count). The molecule has 1 aliphatic rings. The fourth-order valence-electron chi connectivity index (χ4n) is 3.58. The minimum atomic E-state index is -0.0594. The van der Waals surface area contributed by atoms with Gasteiger partial charge in [-0.25, -0.2) is 4.99 Å². The monoisotopic (exact) mass is 407 g/mol. The van der Waals surface area contributed by atoms with Gasteiger partial charge in [0, 0.05) is 37.9 Å². The molecular formula is C24H33N5O. The molecule has 0 radical (unpaired) electrons. The van der Waals surface area contributed by atoms with Crippen molar-refractivity contribution in [2.45, 2.75) is 32.7 Å². The van der Waals surface area contributed by atoms with Crippen LogP contribution in [0.3, 0.4) is 0 Å². The van der Waals surface area contributed by atoms with E-state index in [0.717, 1.165) is 32.5 Å². The van der Waals surface area contributed by atoms with Crippen molar-refractivity contribution in [3.63, 3.8) is 0 Å². The van der Waals surface area contributed by atoms with Gasteiger partial charge in [0.2, 0.25) is 5.91 Å². The summed E-state index contributed by atoms with van der Waals surface area (Å²) >= 11 is 0. The third kappa shape index (κ3) is 6.79. The van der Waals surface area contributed by atoms with Crippen LogP contribution in [-0.2, 0) is 11.2 Å². The van der Waals surface area contributed by atoms with Crippen molar-refractivity contribution in [3.8, 4) is 0 Å². The topological polar surface area (TPSA) is 68.8 Å². The van der Waals surface area contributed by atoms with E-state index in [0.29, 0.717) is 18.5 Å². The lowest BCUT2D eigenvalue weighted by atomic mass is 10.1. The van der Waals surface area contributed by atoms with Crippen LogP contribution in [0.4, 0.5) is 5.69 Å². The average Bonchev–Trinajstić information content (AvgIpc) is 3.22. The lowest BCUT2D eigenvalue weighted by Crippen LogP contribution is -2.45. The van der Waals surface area contributed by atoms with Crippen molar-refractivity contribution >= 4 is 17.6 Å². The average molecular weight is 408 g/mol. The smallest absolute Gasteiger partial charge is 0.241 e. The Kier molecular flexibility index (Phi) is 8.12. The van der Waals surface area contributed by atoms with Crippen molar-refractivity contribution in [1.82, 2.24) is 16.0 Å². The maximum atomic E-state index is 12.2. The summed E-state index contributed by atoms with van der Waals surface area (Å²) in [4.78, 5) is 19.0. The van der Waals surface area contributed by atoms with Gasteiger partial charge in [-0.1, -0.05) is 48.0 Å². The summed E-state index contributed by atoms with van der Waals surface area (Å²) in [6.07, 6.45) is 1.87. The summed E-state index contributed by atoms with van der Waals surface area (Å²) in [7, 11) is 0. The van der Waals surface area contributed by atoms with Crippen LogP contribution in [0.1, 0.15) is 24.5 Å². The number of aryl methyl sites for hydroxylation is 1. The lowest BCUT2D eigenvalue weighted by molar-refractivity contribution is -0.119. The summed E-state index contributed by atoms with van der Waals surface area (Å²) in [5.74, 6) is 0.641. The van der Waals surface area contributed by atoms with Gasteiger partial charge in [0.05, 0.1) is 0 Å². The molecule has 30 heavy (non-hydrogen) atoms. The van der Waals surface area contributed by atoms with E-state index in [1.807, 2.05) is 25.1 Å². The van der Waals surface area contributed by atoms with Gasteiger partial charge in [-0.05, 0) is 44.4 Å². The Balaban J connectivity index is 1.44. The number of carbonyl (C=O) groups excluding carboxylic acids is 1. The minimum absolute atomic E-state index is 0.0594. The van der Waals surface area contributed by atoms with Gasteiger partial charge in [-0.3, -0.25) is 4.79 Å². The van der Waals surface area contributed by atoms with Crippen molar-refractivity contribution < 1.29 is 4.79 Å². The van der Waals surface area contributed by atoms with Gasteiger partial charge >= 0.3 is 0 Å². The lowest BCUT2D eigenvalue weighted by Gasteiger charge is -2.20. The van der Waals surface area contributed by atoms with Crippen LogP contribution < -0.4 is 20.9 Å². The zero-order valence-corrected chi connectivity index (χ0v) is 18.0. The Morgan fingerprint density at radius 1 is 1.10 bits per heavy atom. The highest BCUT2D eigenvalue weighted by atomic mass is 16.1. The van der Waals surface area contributed by atoms with E-state index in [-0.39, 0.29) is 12.5 Å². The summed E-state index contributed by atoms with van der Waals surface area (Å²) < 4.78 is 0. The maximum Gasteiger partial charge on any atom is 0.241 e. The highest BCUT2D eigenvalue weighted by Crippen LogP contribution is 2.20. The van der Waals surface area contributed by atoms with E-state index < -0.39 is 0 Å². The van der Waals surface area contributed by atoms with Crippen LogP contribution >= 0.6 is 0 Å². The predicted molar refractivity (Wildman–Crippen MR) is 124 cm³/mol. The number of carbonyl (C=O) groups is 1. The zero-order chi connectivity index (χ0) is 21.2. The Hall–Kier alpha value is -3.02. The molecule has 160 valence electrons. The molecule has 0 aliphatic carbocycles. The first-order valence-electron chi connectivity index (χ1n) is 10.8. The molecule has 1 atom stereocenters. The second-order valence-corrected chi connectivity index (χ2v) is 7.69. The summed E-state index contributed by atoms with van der Waals surface area (Å²) in [5, 5.41) is 9.68. The van der Waals surface area contributed by atoms with Crippen LogP contribution in [0.5, 0.6) is 0 Å². The van der Waals surface area contributed by atoms with Gasteiger partial charge in [0.1, 0.15) is 6.54 Å². The second-order valence-electron chi connectivity index (χ2n) is 7.69. The molecule has 0 aromatic heterocycles. The Bertz CT molecular complexity index is 819. The predicted octanol–water partition coefficient (Wildman–Crippen LogP) is 2.49. The molecule has 2 aromatic rings. The second kappa shape index (κ2) is 11.2. The number of anilines is 1. The standard InChI is InChI=1S/C24H33N5O/c1-3-25-24(27-17-23(30)26-15-13-20-7-5-4-6-8-20)28-21-14-16-29(18-21)22-11-9-19(2)10-12-22/h4-12,21H,3,13-18H2,1-2H3,(H,26,30)(H2,25,27,28). The highest BCUT2D eigenvalue weighted by molar-refractivity contribution is 5.85. The summed E-state index contributed by atoms with van der Waals surface area (Å²) in [6, 6.07) is 19.1. The first-order chi connectivity index (χ1) is 14.6. The molecule has 2 aromatic carbocycles. The molecule has 1 saturated heterocycles. The van der Waals surface area contributed by atoms with Crippen LogP contribution in [-0.4, -0.2) is 50.6 Å². The van der Waals surface area contributed by atoms with Gasteiger partial charge < -0.3 is 20.9 Å². The number of hydrogen-bond donors (Lipinski definition) is 3. The summed E-state index contributed by atoms with van der Waals surface area (Å²) in [6.45, 7) is 7.58. The number of guanidine groups is 1. The van der Waals surface area contributed by atoms with E-state index in [1.165, 1.54) is 16.8 Å². The van der Waals surface area contributed by atoms with E-state index >= 15 is 0 Å². The fourth-order valence-corrected chi connectivity index (χ4v) is 3.58. The molecule has 0 saturated carbocycles. The normalized spacial score (nSPS) is 16.4. The molecule has 1 amide bonds. The Morgan fingerprint density at radius 2 is 1.87 bits per heavy atom. The van der Waals surface area contributed by atoms with Gasteiger partial charge in [0.25, 0.3) is 0 Å². The third-order valence-electron chi connectivity index (χ3n) is 5.23. The molecule has 1 fully saturated rings. The van der Waals surface area contributed by atoms with Crippen LogP contribution in [0, 0.1) is 6.92 Å². The summed E-state index contributed by atoms with van der Waals surface area (Å²) in [5.41, 5.74) is 3.75. The van der Waals surface area contributed by atoms with Crippen molar-refractivity contribution in [1.29, 1.82) is 0 Å². The maximum absolute atomic E-state index is 12.2. The molecule has 6 heteroatoms. The molecule has 1 heterocycles. The SMILES string of the molecule is CCNC(=NCC(=O)NCCc1ccccc1)NC1CCN(c2ccc(C)cc2)C1. The Morgan fingerprint density at radius 3 is 2.60 bits per heavy atom. The van der Waals surface area contributed by atoms with E-state index in [4.69, 9.17) is 0 Å². The Labute approximate surface area is 179 Å². The van der Waals surface area contributed by atoms with Crippen molar-refractivity contribution in [2.24, 2.45) is 4.99 Å². The highest BCUT2D eigenvalue weighted by Gasteiger charge is 2.23. The van der Waals surface area contributed by atoms with Crippen LogP contribution in [0.2, 0.25) is 0 Å². The van der Waals surface area contributed by atoms with Crippen molar-refractivity contribution in [3.05, 3.63) is 65.7 Å². The molecule has 3 N–H and O–H groups in total. The number of aliphatic imine (C=N–C) groups is 1. The molecule has 1 aliphatic heterocycles. The first-order valence-corrected chi connectivity index (χ1v) is 10.8.